The fourth-order valence-electron chi connectivity index (χ4n) is 2.88. The summed E-state index contributed by atoms with van der Waals surface area (Å²) < 4.78 is 2.41. The Labute approximate surface area is 132 Å². The van der Waals surface area contributed by atoms with Crippen molar-refractivity contribution in [1.29, 1.82) is 0 Å². The van der Waals surface area contributed by atoms with Gasteiger partial charge in [0.1, 0.15) is 5.82 Å². The van der Waals surface area contributed by atoms with Crippen LogP contribution in [0.15, 0.2) is 48.5 Å². The molecule has 1 unspecified atom stereocenters. The predicted octanol–water partition coefficient (Wildman–Crippen LogP) is 4.98. The lowest BCUT2D eigenvalue weighted by Gasteiger charge is -2.14. The summed E-state index contributed by atoms with van der Waals surface area (Å²) in [6.45, 7) is 7.78. The third-order valence-electron chi connectivity index (χ3n) is 4.53. The van der Waals surface area contributed by atoms with Crippen molar-refractivity contribution >= 4 is 11.0 Å². The molecule has 0 saturated carbocycles. The molecule has 3 rings (SSSR count). The summed E-state index contributed by atoms with van der Waals surface area (Å²) >= 11 is 0. The maximum atomic E-state index is 4.90. The van der Waals surface area contributed by atoms with E-state index >= 15 is 0 Å². The summed E-state index contributed by atoms with van der Waals surface area (Å²) in [6.07, 6.45) is 2.09. The molecule has 0 amide bonds. The van der Waals surface area contributed by atoms with E-state index in [0.29, 0.717) is 5.92 Å². The van der Waals surface area contributed by atoms with Crippen LogP contribution in [0.2, 0.25) is 0 Å². The number of nitrogens with zero attached hydrogens (tertiary/aromatic N) is 2. The zero-order valence-electron chi connectivity index (χ0n) is 13.7. The van der Waals surface area contributed by atoms with E-state index in [-0.39, 0.29) is 0 Å². The molecule has 0 spiro atoms. The number of hydrogen-bond donors (Lipinski definition) is 0. The van der Waals surface area contributed by atoms with Crippen LogP contribution in [-0.4, -0.2) is 9.55 Å². The van der Waals surface area contributed by atoms with Crippen molar-refractivity contribution in [1.82, 2.24) is 9.55 Å². The molecule has 0 aliphatic carbocycles. The monoisotopic (exact) mass is 292 g/mol. The van der Waals surface area contributed by atoms with E-state index < -0.39 is 0 Å². The van der Waals surface area contributed by atoms with Crippen molar-refractivity contribution in [2.75, 3.05) is 0 Å². The second kappa shape index (κ2) is 6.35. The van der Waals surface area contributed by atoms with Crippen molar-refractivity contribution < 1.29 is 0 Å². The van der Waals surface area contributed by atoms with Crippen molar-refractivity contribution in [3.8, 4) is 0 Å². The van der Waals surface area contributed by atoms with Gasteiger partial charge in [-0.15, -0.1) is 0 Å². The van der Waals surface area contributed by atoms with Gasteiger partial charge in [0, 0.05) is 13.0 Å². The molecular weight excluding hydrogens is 268 g/mol. The van der Waals surface area contributed by atoms with Crippen LogP contribution in [0.5, 0.6) is 0 Å². The Bertz CT molecular complexity index is 770. The highest BCUT2D eigenvalue weighted by Crippen LogP contribution is 2.21. The Morgan fingerprint density at radius 2 is 1.77 bits per heavy atom. The molecule has 0 aliphatic heterocycles. The number of fused-ring (bicyclic) bond motifs is 1. The molecule has 0 aliphatic rings. The van der Waals surface area contributed by atoms with E-state index in [0.717, 1.165) is 18.5 Å². The van der Waals surface area contributed by atoms with Gasteiger partial charge in [0.05, 0.1) is 11.0 Å². The van der Waals surface area contributed by atoms with E-state index in [1.54, 1.807) is 0 Å². The fraction of sp³-hybridized carbons (Fsp3) is 0.350. The Balaban J connectivity index is 2.04. The quantitative estimate of drug-likeness (QED) is 0.648. The third kappa shape index (κ3) is 2.92. The van der Waals surface area contributed by atoms with Crippen molar-refractivity contribution in [2.45, 2.75) is 40.2 Å². The topological polar surface area (TPSA) is 17.8 Å². The predicted molar refractivity (Wildman–Crippen MR) is 93.2 cm³/mol. The second-order valence-corrected chi connectivity index (χ2v) is 6.24. The van der Waals surface area contributed by atoms with Gasteiger partial charge in [-0.2, -0.15) is 0 Å². The zero-order valence-corrected chi connectivity index (χ0v) is 13.7. The summed E-state index contributed by atoms with van der Waals surface area (Å²) in [5, 5.41) is 0. The molecule has 0 N–H and O–H groups in total. The largest absolute Gasteiger partial charge is 0.327 e. The minimum atomic E-state index is 0.660. The maximum Gasteiger partial charge on any atom is 0.114 e. The molecule has 3 aromatic rings. The maximum absolute atomic E-state index is 4.90. The molecular formula is C20H24N2. The minimum Gasteiger partial charge on any atom is -0.327 e. The minimum absolute atomic E-state index is 0.660. The Hall–Kier alpha value is -2.09. The molecule has 0 fully saturated rings. The van der Waals surface area contributed by atoms with Gasteiger partial charge < -0.3 is 4.57 Å². The molecule has 2 heteroatoms. The van der Waals surface area contributed by atoms with Crippen molar-refractivity contribution in [3.05, 3.63) is 65.5 Å². The normalized spacial score (nSPS) is 12.7. The van der Waals surface area contributed by atoms with Gasteiger partial charge in [-0.25, -0.2) is 4.98 Å². The summed E-state index contributed by atoms with van der Waals surface area (Å²) in [5.41, 5.74) is 5.06. The summed E-state index contributed by atoms with van der Waals surface area (Å²) in [4.78, 5) is 4.90. The number of para-hydroxylation sites is 2. The van der Waals surface area contributed by atoms with Gasteiger partial charge in [0.15, 0.2) is 0 Å². The molecule has 1 atom stereocenters. The van der Waals surface area contributed by atoms with E-state index in [2.05, 4.69) is 73.9 Å². The molecule has 0 bridgehead atoms. The first kappa shape index (κ1) is 14.8. The summed E-state index contributed by atoms with van der Waals surface area (Å²) in [5.74, 6) is 1.84. The standard InChI is InChI=1S/C20H24N2/c1-4-15(2)14-22-19-12-8-7-11-18(19)21-20(22)13-17-10-6-5-9-16(17)3/h5-12,15H,4,13-14H2,1-3H3. The Morgan fingerprint density at radius 1 is 1.05 bits per heavy atom. The molecule has 0 saturated heterocycles. The van der Waals surface area contributed by atoms with Gasteiger partial charge in [-0.3, -0.25) is 0 Å². The Kier molecular flexibility index (Phi) is 4.28. The number of imidazole rings is 1. The number of aromatic nitrogens is 2. The molecule has 22 heavy (non-hydrogen) atoms. The molecule has 1 heterocycles. The number of benzene rings is 2. The number of hydrogen-bond acceptors (Lipinski definition) is 1. The summed E-state index contributed by atoms with van der Waals surface area (Å²) in [7, 11) is 0. The van der Waals surface area contributed by atoms with Crippen molar-refractivity contribution in [3.63, 3.8) is 0 Å². The van der Waals surface area contributed by atoms with Crippen LogP contribution in [0.25, 0.3) is 11.0 Å². The van der Waals surface area contributed by atoms with Crippen LogP contribution >= 0.6 is 0 Å². The zero-order chi connectivity index (χ0) is 15.5. The lowest BCUT2D eigenvalue weighted by molar-refractivity contribution is 0.467. The molecule has 2 aromatic carbocycles. The van der Waals surface area contributed by atoms with E-state index in [4.69, 9.17) is 4.98 Å². The first-order valence-corrected chi connectivity index (χ1v) is 8.17. The van der Waals surface area contributed by atoms with E-state index in [9.17, 15) is 0 Å². The average molecular weight is 292 g/mol. The lowest BCUT2D eigenvalue weighted by atomic mass is 10.1. The fourth-order valence-corrected chi connectivity index (χ4v) is 2.88. The highest BCUT2D eigenvalue weighted by Gasteiger charge is 2.13. The van der Waals surface area contributed by atoms with Crippen LogP contribution in [0.4, 0.5) is 0 Å². The molecule has 2 nitrogen and oxygen atoms in total. The highest BCUT2D eigenvalue weighted by atomic mass is 15.1. The van der Waals surface area contributed by atoms with Gasteiger partial charge >= 0.3 is 0 Å². The summed E-state index contributed by atoms with van der Waals surface area (Å²) in [6, 6.07) is 17.1. The van der Waals surface area contributed by atoms with Crippen LogP contribution in [0, 0.1) is 12.8 Å². The van der Waals surface area contributed by atoms with Crippen molar-refractivity contribution in [2.24, 2.45) is 5.92 Å². The van der Waals surface area contributed by atoms with E-state index in [1.165, 1.54) is 28.9 Å². The number of rotatable bonds is 5. The molecule has 0 radical (unpaired) electrons. The smallest absolute Gasteiger partial charge is 0.114 e. The third-order valence-corrected chi connectivity index (χ3v) is 4.53. The molecule has 114 valence electrons. The first-order chi connectivity index (χ1) is 10.7. The van der Waals surface area contributed by atoms with E-state index in [1.807, 2.05) is 0 Å². The van der Waals surface area contributed by atoms with Gasteiger partial charge in [-0.05, 0) is 36.1 Å². The van der Waals surface area contributed by atoms with Gasteiger partial charge in [0.2, 0.25) is 0 Å². The van der Waals surface area contributed by atoms with Crippen LogP contribution < -0.4 is 0 Å². The second-order valence-electron chi connectivity index (χ2n) is 6.24. The Morgan fingerprint density at radius 3 is 2.55 bits per heavy atom. The van der Waals surface area contributed by atoms with Crippen LogP contribution in [-0.2, 0) is 13.0 Å². The van der Waals surface area contributed by atoms with Gasteiger partial charge in [-0.1, -0.05) is 56.7 Å². The number of aryl methyl sites for hydroxylation is 1. The highest BCUT2D eigenvalue weighted by molar-refractivity contribution is 5.76. The molecule has 1 aromatic heterocycles. The lowest BCUT2D eigenvalue weighted by Crippen LogP contribution is -2.11. The SMILES string of the molecule is CCC(C)Cn1c(Cc2ccccc2C)nc2ccccc21. The first-order valence-electron chi connectivity index (χ1n) is 8.17. The average Bonchev–Trinajstić information content (AvgIpc) is 2.87. The van der Waals surface area contributed by atoms with Gasteiger partial charge in [0.25, 0.3) is 0 Å². The van der Waals surface area contributed by atoms with Crippen LogP contribution in [0.3, 0.4) is 0 Å². The van der Waals surface area contributed by atoms with Crippen LogP contribution in [0.1, 0.15) is 37.2 Å².